The van der Waals surface area contributed by atoms with Crippen molar-refractivity contribution in [3.8, 4) is 0 Å². The smallest absolute Gasteiger partial charge is 0.317 e. The van der Waals surface area contributed by atoms with E-state index in [-0.39, 0.29) is 11.6 Å². The van der Waals surface area contributed by atoms with E-state index in [0.717, 1.165) is 29.8 Å². The predicted molar refractivity (Wildman–Crippen MR) is 94.1 cm³/mol. The topological polar surface area (TPSA) is 67.6 Å². The van der Waals surface area contributed by atoms with Crippen LogP contribution in [-0.4, -0.2) is 16.6 Å². The molecule has 118 valence electrons. The Morgan fingerprint density at radius 3 is 2.74 bits per heavy atom. The molecule has 0 saturated carbocycles. The molecule has 23 heavy (non-hydrogen) atoms. The third kappa shape index (κ3) is 3.15. The third-order valence-corrected chi connectivity index (χ3v) is 4.73. The molecule has 1 aliphatic carbocycles. The first-order valence-electron chi connectivity index (χ1n) is 7.69. The van der Waals surface area contributed by atoms with E-state index in [1.54, 1.807) is 0 Å². The van der Waals surface area contributed by atoms with E-state index in [2.05, 4.69) is 29.0 Å². The lowest BCUT2D eigenvalue weighted by Gasteiger charge is -2.08. The van der Waals surface area contributed by atoms with E-state index in [1.165, 1.54) is 17.5 Å². The normalized spacial score (nSPS) is 12.8. The highest BCUT2D eigenvalue weighted by molar-refractivity contribution is 7.80. The molecule has 3 N–H and O–H groups in total. The van der Waals surface area contributed by atoms with Gasteiger partial charge in [0.1, 0.15) is 0 Å². The number of nitrogens with zero attached hydrogens (tertiary/aromatic N) is 1. The maximum absolute atomic E-state index is 12.4. The predicted octanol–water partition coefficient (Wildman–Crippen LogP) is 1.66. The summed E-state index contributed by atoms with van der Waals surface area (Å²) in [5.74, 6) is -0.351. The number of hydrogen-bond donors (Lipinski definition) is 3. The fraction of sp³-hybridized carbons (Fsp3) is 0.278. The van der Waals surface area contributed by atoms with Crippen molar-refractivity contribution < 1.29 is 10.2 Å². The molecule has 1 aromatic carbocycles. The number of rotatable bonds is 3. The second-order valence-electron chi connectivity index (χ2n) is 5.98. The molecular weight excluding hydrogens is 306 g/mol. The summed E-state index contributed by atoms with van der Waals surface area (Å²) in [6.45, 7) is 3.79. The van der Waals surface area contributed by atoms with E-state index in [4.69, 9.17) is 5.41 Å². The second-order valence-corrected chi connectivity index (χ2v) is 6.43. The molecule has 0 fully saturated rings. The molecule has 2 aromatic rings. The molecule has 1 aliphatic rings. The van der Waals surface area contributed by atoms with Crippen LogP contribution in [0.1, 0.15) is 34.5 Å². The van der Waals surface area contributed by atoms with E-state index in [0.29, 0.717) is 10.6 Å². The van der Waals surface area contributed by atoms with Crippen LogP contribution in [0.3, 0.4) is 0 Å². The van der Waals surface area contributed by atoms with Crippen LogP contribution in [0.5, 0.6) is 0 Å². The van der Waals surface area contributed by atoms with Gasteiger partial charge in [-0.25, -0.2) is 10.4 Å². The number of carbonyl (C=O) groups excluding carboxylic acids is 1. The summed E-state index contributed by atoms with van der Waals surface area (Å²) in [5, 5.41) is 8.89. The Morgan fingerprint density at radius 2 is 1.96 bits per heavy atom. The lowest BCUT2D eigenvalue weighted by Crippen LogP contribution is -2.48. The van der Waals surface area contributed by atoms with Crippen LogP contribution in [-0.2, 0) is 17.6 Å². The van der Waals surface area contributed by atoms with Crippen LogP contribution in [0.25, 0.3) is 0 Å². The molecule has 1 heterocycles. The molecule has 5 heteroatoms. The lowest BCUT2D eigenvalue weighted by atomic mass is 10.1. The first-order valence-corrected chi connectivity index (χ1v) is 8.13. The molecule has 0 bridgehead atoms. The van der Waals surface area contributed by atoms with Gasteiger partial charge in [-0.3, -0.25) is 4.79 Å². The standard InChI is InChI=1S/C18H19N3OS/c1-10-8-11(2)20-16(17(10)23)15(19)18(22)21-14-7-6-12-4-3-5-13(12)9-14/h6-9,19,23H,3-5H2,1-2H3,(H,21,22)/p+1. The van der Waals surface area contributed by atoms with Gasteiger partial charge in [-0.2, -0.15) is 0 Å². The molecule has 0 saturated heterocycles. The number of hydrogen-bond acceptors (Lipinski definition) is 3. The number of aromatic nitrogens is 1. The number of benzene rings is 1. The Kier molecular flexibility index (Phi) is 4.22. The van der Waals surface area contributed by atoms with Gasteiger partial charge in [0.2, 0.25) is 0 Å². The average Bonchev–Trinajstić information content (AvgIpc) is 2.97. The van der Waals surface area contributed by atoms with Crippen molar-refractivity contribution in [3.05, 3.63) is 52.3 Å². The molecule has 0 atom stereocenters. The zero-order valence-corrected chi connectivity index (χ0v) is 14.2. The number of carbonyl (C=O) groups is 1. The van der Waals surface area contributed by atoms with Crippen LogP contribution in [0.2, 0.25) is 0 Å². The number of nitrogens with two attached hydrogens (primary N) is 1. The van der Waals surface area contributed by atoms with Crippen molar-refractivity contribution in [3.63, 3.8) is 0 Å². The summed E-state index contributed by atoms with van der Waals surface area (Å²) in [6.07, 6.45) is 3.36. The van der Waals surface area contributed by atoms with E-state index in [9.17, 15) is 4.79 Å². The van der Waals surface area contributed by atoms with Crippen molar-refractivity contribution in [1.29, 1.82) is 0 Å². The van der Waals surface area contributed by atoms with E-state index < -0.39 is 0 Å². The Hall–Kier alpha value is -2.14. The molecule has 1 amide bonds. The van der Waals surface area contributed by atoms with Gasteiger partial charge in [0.15, 0.2) is 5.69 Å². The average molecular weight is 326 g/mol. The Labute approximate surface area is 141 Å². The minimum atomic E-state index is -0.351. The van der Waals surface area contributed by atoms with Gasteiger partial charge >= 0.3 is 5.91 Å². The number of fused-ring (bicyclic) bond motifs is 1. The van der Waals surface area contributed by atoms with Crippen LogP contribution < -0.4 is 10.7 Å². The van der Waals surface area contributed by atoms with Gasteiger partial charge in [-0.05, 0) is 68.0 Å². The first-order chi connectivity index (χ1) is 11.0. The van der Waals surface area contributed by atoms with Gasteiger partial charge in [0, 0.05) is 16.3 Å². The zero-order valence-electron chi connectivity index (χ0n) is 13.3. The zero-order chi connectivity index (χ0) is 16.6. The second kappa shape index (κ2) is 6.16. The molecule has 0 spiro atoms. The molecule has 3 rings (SSSR count). The number of nitrogens with one attached hydrogen (secondary N) is 1. The lowest BCUT2D eigenvalue weighted by molar-refractivity contribution is -0.132. The van der Waals surface area contributed by atoms with Crippen molar-refractivity contribution >= 4 is 29.9 Å². The SMILES string of the molecule is Cc1cc(C)c(S)c(C(=[NH2+])C(=O)Nc2ccc3c(c2)CCC3)n1. The minimum absolute atomic E-state index is 0.0855. The van der Waals surface area contributed by atoms with E-state index in [1.807, 2.05) is 32.0 Å². The molecule has 0 radical (unpaired) electrons. The van der Waals surface area contributed by atoms with Gasteiger partial charge < -0.3 is 5.32 Å². The largest absolute Gasteiger partial charge is 0.322 e. The quantitative estimate of drug-likeness (QED) is 0.593. The van der Waals surface area contributed by atoms with Crippen molar-refractivity contribution in [1.82, 2.24) is 4.98 Å². The Morgan fingerprint density at radius 1 is 1.22 bits per heavy atom. The van der Waals surface area contributed by atoms with Crippen molar-refractivity contribution in [2.75, 3.05) is 5.32 Å². The molecule has 0 unspecified atom stereocenters. The number of thiol groups is 1. The molecule has 0 aliphatic heterocycles. The summed E-state index contributed by atoms with van der Waals surface area (Å²) in [7, 11) is 0. The van der Waals surface area contributed by atoms with Gasteiger partial charge in [-0.15, -0.1) is 12.6 Å². The van der Waals surface area contributed by atoms with E-state index >= 15 is 0 Å². The molecule has 1 aromatic heterocycles. The number of aryl methyl sites for hydroxylation is 4. The van der Waals surface area contributed by atoms with Crippen LogP contribution in [0.15, 0.2) is 29.2 Å². The van der Waals surface area contributed by atoms with Crippen molar-refractivity contribution in [2.45, 2.75) is 38.0 Å². The number of amides is 1. The third-order valence-electron chi connectivity index (χ3n) is 4.17. The monoisotopic (exact) mass is 326 g/mol. The maximum atomic E-state index is 12.4. The first kappa shape index (κ1) is 15.7. The molecule has 4 nitrogen and oxygen atoms in total. The summed E-state index contributed by atoms with van der Waals surface area (Å²) < 4.78 is 0. The Balaban J connectivity index is 1.82. The van der Waals surface area contributed by atoms with Crippen LogP contribution in [0, 0.1) is 13.8 Å². The van der Waals surface area contributed by atoms with Gasteiger partial charge in [0.05, 0.1) is 0 Å². The fourth-order valence-corrected chi connectivity index (χ4v) is 3.21. The van der Waals surface area contributed by atoms with Gasteiger partial charge in [-0.1, -0.05) is 6.07 Å². The van der Waals surface area contributed by atoms with Crippen LogP contribution >= 0.6 is 12.6 Å². The van der Waals surface area contributed by atoms with Crippen molar-refractivity contribution in [2.24, 2.45) is 0 Å². The minimum Gasteiger partial charge on any atom is -0.317 e. The number of pyridine rings is 1. The molecular formula is C18H20N3OS+. The van der Waals surface area contributed by atoms with Crippen LogP contribution in [0.4, 0.5) is 5.69 Å². The van der Waals surface area contributed by atoms with Gasteiger partial charge in [0.25, 0.3) is 5.71 Å². The highest BCUT2D eigenvalue weighted by Crippen LogP contribution is 2.25. The fourth-order valence-electron chi connectivity index (χ4n) is 2.97. The summed E-state index contributed by atoms with van der Waals surface area (Å²) >= 11 is 4.43. The summed E-state index contributed by atoms with van der Waals surface area (Å²) in [5.41, 5.74) is 5.72. The highest BCUT2D eigenvalue weighted by atomic mass is 32.1. The summed E-state index contributed by atoms with van der Waals surface area (Å²) in [4.78, 5) is 17.4. The highest BCUT2D eigenvalue weighted by Gasteiger charge is 2.23. The number of anilines is 1. The maximum Gasteiger partial charge on any atom is 0.322 e. The Bertz CT molecular complexity index is 814. The summed E-state index contributed by atoms with van der Waals surface area (Å²) in [6, 6.07) is 7.95.